The average molecular weight is 619 g/mol. The number of nitrogens with two attached hydrogens (primary N) is 1. The quantitative estimate of drug-likeness (QED) is 0.213. The molecule has 1 saturated carbocycles. The Morgan fingerprint density at radius 1 is 1.07 bits per heavy atom. The predicted molar refractivity (Wildman–Crippen MR) is 187 cm³/mol. The van der Waals surface area contributed by atoms with Gasteiger partial charge in [0.25, 0.3) is 5.91 Å². The van der Waals surface area contributed by atoms with Crippen molar-refractivity contribution in [3.05, 3.63) is 77.0 Å². The number of anilines is 2. The van der Waals surface area contributed by atoms with Crippen LogP contribution >= 0.6 is 0 Å². The number of nitrogens with one attached hydrogen (secondary N) is 2. The highest BCUT2D eigenvalue weighted by atomic mass is 16.2. The van der Waals surface area contributed by atoms with Gasteiger partial charge < -0.3 is 16.4 Å². The molecule has 0 spiro atoms. The van der Waals surface area contributed by atoms with Crippen LogP contribution in [0.3, 0.4) is 0 Å². The van der Waals surface area contributed by atoms with Crippen LogP contribution in [0.15, 0.2) is 54.7 Å². The summed E-state index contributed by atoms with van der Waals surface area (Å²) in [7, 11) is 0. The maximum absolute atomic E-state index is 13.5. The molecule has 2 bridgehead atoms. The summed E-state index contributed by atoms with van der Waals surface area (Å²) in [6, 6.07) is 13.9. The number of pyridine rings is 1. The number of rotatable bonds is 4. The van der Waals surface area contributed by atoms with Crippen molar-refractivity contribution < 1.29 is 9.59 Å². The van der Waals surface area contributed by atoms with Crippen molar-refractivity contribution >= 4 is 40.3 Å². The van der Waals surface area contributed by atoms with Crippen molar-refractivity contribution in [3.8, 4) is 11.3 Å². The van der Waals surface area contributed by atoms with Gasteiger partial charge in [-0.15, -0.1) is 0 Å². The van der Waals surface area contributed by atoms with Gasteiger partial charge in [-0.1, -0.05) is 57.0 Å². The highest BCUT2D eigenvalue weighted by molar-refractivity contribution is 6.07. The molecule has 1 fully saturated rings. The summed E-state index contributed by atoms with van der Waals surface area (Å²) < 4.78 is 2.12. The molecular formula is C38H46N6O2. The number of carbonyl (C=O) groups excluding carboxylic acids is 2. The molecule has 0 radical (unpaired) electrons. The van der Waals surface area contributed by atoms with Crippen molar-refractivity contribution in [2.75, 3.05) is 11.1 Å². The summed E-state index contributed by atoms with van der Waals surface area (Å²) in [6.07, 6.45) is 15.7. The molecule has 0 saturated heterocycles. The van der Waals surface area contributed by atoms with Gasteiger partial charge in [0.05, 0.1) is 16.9 Å². The van der Waals surface area contributed by atoms with E-state index in [1.807, 2.05) is 42.6 Å². The summed E-state index contributed by atoms with van der Waals surface area (Å²) in [5.41, 5.74) is 13.8. The number of aryl methyl sites for hydroxylation is 1. The molecule has 4 aromatic rings. The summed E-state index contributed by atoms with van der Waals surface area (Å²) >= 11 is 0. The zero-order valence-electron chi connectivity index (χ0n) is 27.3. The molecule has 46 heavy (non-hydrogen) atoms. The number of hydrogen-bond acceptors (Lipinski definition) is 5. The van der Waals surface area contributed by atoms with E-state index < -0.39 is 0 Å². The minimum atomic E-state index is -0.180. The first-order chi connectivity index (χ1) is 22.3. The molecule has 2 amide bonds. The van der Waals surface area contributed by atoms with Gasteiger partial charge in [0.15, 0.2) is 0 Å². The van der Waals surface area contributed by atoms with Gasteiger partial charge in [-0.25, -0.2) is 4.98 Å². The van der Waals surface area contributed by atoms with Crippen molar-refractivity contribution in [3.63, 3.8) is 0 Å². The van der Waals surface area contributed by atoms with Crippen LogP contribution in [0.4, 0.5) is 11.5 Å². The zero-order valence-corrected chi connectivity index (χ0v) is 27.3. The van der Waals surface area contributed by atoms with Gasteiger partial charge in [0, 0.05) is 41.0 Å². The molecule has 2 aromatic carbocycles. The van der Waals surface area contributed by atoms with E-state index in [4.69, 9.17) is 10.8 Å². The lowest BCUT2D eigenvalue weighted by atomic mass is 9.90. The Bertz CT molecular complexity index is 1770. The second-order valence-electron chi connectivity index (χ2n) is 13.3. The largest absolute Gasteiger partial charge is 0.383 e. The standard InChI is InChI=1S/C38H46N6O2/c1-24(2)32-19-18-30(20-25(32)3)42-38(46)27-14-10-13-26(21-27)35-34-36-28(23-40-37(34)39)12-8-6-4-5-7-9-17-33(45)41-29-15-11-16-31(22-29)44(36)43-35/h8,10,12-14,18-21,23-24,29,31H,4-7,9,11,15-17,22H2,1-3H3,(H2,39,40)(H,41,45)(H,42,46)/b12-8+/t29-,31-/m1/s1. The number of fused-ring (bicyclic) bond motifs is 3. The Balaban J connectivity index is 1.39. The molecular weight excluding hydrogens is 572 g/mol. The van der Waals surface area contributed by atoms with E-state index >= 15 is 0 Å². The second kappa shape index (κ2) is 13.9. The number of nitrogen functional groups attached to an aromatic ring is 1. The molecule has 2 aromatic heterocycles. The molecule has 1 aliphatic carbocycles. The molecule has 4 N–H and O–H groups in total. The number of amides is 2. The van der Waals surface area contributed by atoms with E-state index in [2.05, 4.69) is 59.3 Å². The Kier molecular flexibility index (Phi) is 9.52. The third kappa shape index (κ3) is 6.86. The van der Waals surface area contributed by atoms with Crippen molar-refractivity contribution in [2.45, 2.75) is 103 Å². The number of allylic oxidation sites excluding steroid dienone is 1. The molecule has 2 aliphatic rings. The van der Waals surface area contributed by atoms with Crippen LogP contribution < -0.4 is 16.4 Å². The smallest absolute Gasteiger partial charge is 0.255 e. The Morgan fingerprint density at radius 2 is 1.91 bits per heavy atom. The first-order valence-corrected chi connectivity index (χ1v) is 16.9. The molecule has 2 atom stereocenters. The van der Waals surface area contributed by atoms with Crippen molar-refractivity contribution in [1.29, 1.82) is 0 Å². The number of nitrogens with zero attached hydrogens (tertiary/aromatic N) is 3. The lowest BCUT2D eigenvalue weighted by Crippen LogP contribution is -2.39. The molecule has 6 rings (SSSR count). The van der Waals surface area contributed by atoms with E-state index in [-0.39, 0.29) is 23.9 Å². The Hall–Kier alpha value is -4.46. The normalized spacial score (nSPS) is 20.0. The minimum absolute atomic E-state index is 0.0979. The van der Waals surface area contributed by atoms with Gasteiger partial charge >= 0.3 is 0 Å². The number of aromatic nitrogens is 3. The molecule has 0 unspecified atom stereocenters. The zero-order chi connectivity index (χ0) is 32.2. The van der Waals surface area contributed by atoms with Gasteiger partial charge in [-0.2, -0.15) is 5.10 Å². The highest BCUT2D eigenvalue weighted by Crippen LogP contribution is 2.39. The SMILES string of the molecule is Cc1cc(NC(=O)c2cccc(-c3nn4c5c(cnc(N)c35)/C=C/CCCCCCC(=O)N[C@@H]3CCC[C@@H]4C3)c2)ccc1C(C)C. The monoisotopic (exact) mass is 618 g/mol. The third-order valence-corrected chi connectivity index (χ3v) is 9.51. The van der Waals surface area contributed by atoms with Crippen LogP contribution in [0.25, 0.3) is 28.2 Å². The van der Waals surface area contributed by atoms with E-state index in [1.165, 1.54) is 5.56 Å². The fraction of sp³-hybridized carbons (Fsp3) is 0.421. The highest BCUT2D eigenvalue weighted by Gasteiger charge is 2.29. The topological polar surface area (TPSA) is 115 Å². The Morgan fingerprint density at radius 3 is 2.74 bits per heavy atom. The first-order valence-electron chi connectivity index (χ1n) is 16.9. The maximum Gasteiger partial charge on any atom is 0.255 e. The van der Waals surface area contributed by atoms with Gasteiger partial charge in [0.1, 0.15) is 11.5 Å². The molecule has 8 nitrogen and oxygen atoms in total. The summed E-state index contributed by atoms with van der Waals surface area (Å²) in [4.78, 5) is 30.8. The molecule has 1 aliphatic heterocycles. The van der Waals surface area contributed by atoms with Crippen LogP contribution in [-0.4, -0.2) is 32.6 Å². The molecule has 3 heterocycles. The lowest BCUT2D eigenvalue weighted by Gasteiger charge is -2.30. The maximum atomic E-state index is 13.5. The average Bonchev–Trinajstić information content (AvgIpc) is 3.45. The van der Waals surface area contributed by atoms with Crippen LogP contribution in [0.1, 0.15) is 117 Å². The Labute approximate surface area is 271 Å². The summed E-state index contributed by atoms with van der Waals surface area (Å²) in [5, 5.41) is 12.4. The summed E-state index contributed by atoms with van der Waals surface area (Å²) in [6.45, 7) is 6.42. The van der Waals surface area contributed by atoms with Crippen LogP contribution in [-0.2, 0) is 4.79 Å². The van der Waals surface area contributed by atoms with Gasteiger partial charge in [0.2, 0.25) is 5.91 Å². The van der Waals surface area contributed by atoms with Gasteiger partial charge in [-0.3, -0.25) is 14.3 Å². The predicted octanol–water partition coefficient (Wildman–Crippen LogP) is 8.33. The van der Waals surface area contributed by atoms with Crippen LogP contribution in [0, 0.1) is 6.92 Å². The number of hydrogen-bond donors (Lipinski definition) is 3. The van der Waals surface area contributed by atoms with Crippen molar-refractivity contribution in [2.24, 2.45) is 0 Å². The summed E-state index contributed by atoms with van der Waals surface area (Å²) in [5.74, 6) is 0.806. The van der Waals surface area contributed by atoms with E-state index in [1.54, 1.807) is 0 Å². The van der Waals surface area contributed by atoms with E-state index in [0.717, 1.165) is 91.1 Å². The fourth-order valence-corrected chi connectivity index (χ4v) is 7.15. The third-order valence-electron chi connectivity index (χ3n) is 9.51. The van der Waals surface area contributed by atoms with Gasteiger partial charge in [-0.05, 0) is 93.2 Å². The molecule has 8 heteroatoms. The molecule has 240 valence electrons. The second-order valence-corrected chi connectivity index (χ2v) is 13.3. The number of carbonyl (C=O) groups is 2. The minimum Gasteiger partial charge on any atom is -0.383 e. The fourth-order valence-electron chi connectivity index (χ4n) is 7.15. The first kappa shape index (κ1) is 31.5. The van der Waals surface area contributed by atoms with E-state index in [9.17, 15) is 9.59 Å². The number of benzene rings is 2. The lowest BCUT2D eigenvalue weighted by molar-refractivity contribution is -0.122. The van der Waals surface area contributed by atoms with E-state index in [0.29, 0.717) is 29.4 Å². The van der Waals surface area contributed by atoms with Crippen LogP contribution in [0.2, 0.25) is 0 Å². The van der Waals surface area contributed by atoms with Crippen molar-refractivity contribution in [1.82, 2.24) is 20.1 Å². The van der Waals surface area contributed by atoms with Crippen LogP contribution in [0.5, 0.6) is 0 Å².